The first-order chi connectivity index (χ1) is 5.91. The maximum absolute atomic E-state index is 12.8. The van der Waals surface area contributed by atoms with Gasteiger partial charge in [0, 0.05) is 21.0 Å². The van der Waals surface area contributed by atoms with Crippen LogP contribution in [0.3, 0.4) is 0 Å². The molecule has 0 amide bonds. The Morgan fingerprint density at radius 2 is 1.92 bits per heavy atom. The molecule has 0 spiro atoms. The van der Waals surface area contributed by atoms with Crippen molar-refractivity contribution >= 4 is 5.82 Å². The zero-order valence-corrected chi connectivity index (χ0v) is 7.75. The van der Waals surface area contributed by atoms with E-state index in [1.54, 1.807) is 19.0 Å². The van der Waals surface area contributed by atoms with Gasteiger partial charge in [0.1, 0.15) is 11.5 Å². The lowest BCUT2D eigenvalue weighted by molar-refractivity contribution is 0.0125. The summed E-state index contributed by atoms with van der Waals surface area (Å²) in [5, 5.41) is 0. The zero-order valence-electron chi connectivity index (χ0n) is 7.75. The minimum Gasteiger partial charge on any atom is -0.361 e. The summed E-state index contributed by atoms with van der Waals surface area (Å²) in [6, 6.07) is 0. The maximum Gasteiger partial charge on any atom is 0.288 e. The van der Waals surface area contributed by atoms with Crippen molar-refractivity contribution in [2.45, 2.75) is 12.8 Å². The zero-order chi connectivity index (χ0) is 10.1. The maximum atomic E-state index is 12.8. The molecule has 1 rings (SSSR count). The lowest BCUT2D eigenvalue weighted by Crippen LogP contribution is -2.16. The topological polar surface area (TPSA) is 29.0 Å². The lowest BCUT2D eigenvalue weighted by Gasteiger charge is -2.14. The molecule has 13 heavy (non-hydrogen) atoms. The van der Waals surface area contributed by atoms with Crippen molar-refractivity contribution in [2.24, 2.45) is 0 Å². The van der Waals surface area contributed by atoms with Crippen molar-refractivity contribution < 1.29 is 8.78 Å². The van der Waals surface area contributed by atoms with Crippen LogP contribution >= 0.6 is 0 Å². The van der Waals surface area contributed by atoms with Gasteiger partial charge in [-0.05, 0) is 0 Å². The minimum atomic E-state index is -2.93. The van der Waals surface area contributed by atoms with Gasteiger partial charge in [0.25, 0.3) is 5.92 Å². The van der Waals surface area contributed by atoms with Crippen LogP contribution in [0.5, 0.6) is 0 Å². The van der Waals surface area contributed by atoms with Gasteiger partial charge in [-0.15, -0.1) is 0 Å². The van der Waals surface area contributed by atoms with Crippen LogP contribution in [-0.4, -0.2) is 24.1 Å². The van der Waals surface area contributed by atoms with E-state index in [-0.39, 0.29) is 5.69 Å². The second-order valence-corrected chi connectivity index (χ2v) is 3.05. The van der Waals surface area contributed by atoms with Gasteiger partial charge in [0.15, 0.2) is 0 Å². The summed E-state index contributed by atoms with van der Waals surface area (Å²) in [6.45, 7) is 0.802. The summed E-state index contributed by atoms with van der Waals surface area (Å²) in [5.74, 6) is -2.50. The molecule has 0 saturated heterocycles. The number of alkyl halides is 2. The molecular weight excluding hydrogens is 176 g/mol. The van der Waals surface area contributed by atoms with Crippen LogP contribution < -0.4 is 4.90 Å². The number of hydrogen-bond acceptors (Lipinski definition) is 3. The SMILES string of the molecule is CN(C)c1cncc(C(C)(F)F)n1. The predicted molar refractivity (Wildman–Crippen MR) is 45.9 cm³/mol. The number of anilines is 1. The van der Waals surface area contributed by atoms with Crippen molar-refractivity contribution in [3.63, 3.8) is 0 Å². The molecular formula is C8H11F2N3. The van der Waals surface area contributed by atoms with Gasteiger partial charge in [-0.3, -0.25) is 4.98 Å². The van der Waals surface area contributed by atoms with Crippen molar-refractivity contribution in [1.29, 1.82) is 0 Å². The summed E-state index contributed by atoms with van der Waals surface area (Å²) in [7, 11) is 3.45. The molecule has 0 fully saturated rings. The van der Waals surface area contributed by atoms with Crippen LogP contribution in [0, 0.1) is 0 Å². The van der Waals surface area contributed by atoms with E-state index >= 15 is 0 Å². The summed E-state index contributed by atoms with van der Waals surface area (Å²) >= 11 is 0. The Kier molecular flexibility index (Phi) is 2.45. The van der Waals surface area contributed by atoms with Gasteiger partial charge in [0.2, 0.25) is 0 Å². The van der Waals surface area contributed by atoms with Crippen LogP contribution in [0.25, 0.3) is 0 Å². The van der Waals surface area contributed by atoms with Crippen molar-refractivity contribution in [2.75, 3.05) is 19.0 Å². The van der Waals surface area contributed by atoms with E-state index in [0.29, 0.717) is 5.82 Å². The fourth-order valence-electron chi connectivity index (χ4n) is 0.783. The normalized spacial score (nSPS) is 11.5. The number of nitrogens with zero attached hydrogens (tertiary/aromatic N) is 3. The molecule has 1 heterocycles. The second kappa shape index (κ2) is 3.24. The molecule has 0 atom stereocenters. The quantitative estimate of drug-likeness (QED) is 0.705. The number of hydrogen-bond donors (Lipinski definition) is 0. The molecule has 0 aliphatic rings. The van der Waals surface area contributed by atoms with Crippen LogP contribution in [0.2, 0.25) is 0 Å². The highest BCUT2D eigenvalue weighted by atomic mass is 19.3. The average Bonchev–Trinajstić information content (AvgIpc) is 2.03. The number of rotatable bonds is 2. The average molecular weight is 187 g/mol. The van der Waals surface area contributed by atoms with Gasteiger partial charge in [-0.1, -0.05) is 0 Å². The third-order valence-corrected chi connectivity index (χ3v) is 1.53. The first-order valence-corrected chi connectivity index (χ1v) is 3.79. The van der Waals surface area contributed by atoms with Crippen LogP contribution in [-0.2, 0) is 5.92 Å². The highest BCUT2D eigenvalue weighted by Crippen LogP contribution is 2.25. The molecule has 0 aliphatic heterocycles. The summed E-state index contributed by atoms with van der Waals surface area (Å²) in [4.78, 5) is 9.07. The van der Waals surface area contributed by atoms with Crippen LogP contribution in [0.15, 0.2) is 12.4 Å². The highest BCUT2D eigenvalue weighted by Gasteiger charge is 2.26. The molecule has 72 valence electrons. The van der Waals surface area contributed by atoms with Gasteiger partial charge < -0.3 is 4.90 Å². The summed E-state index contributed by atoms with van der Waals surface area (Å²) in [5.41, 5.74) is -0.307. The molecule has 5 heteroatoms. The van der Waals surface area contributed by atoms with E-state index in [0.717, 1.165) is 13.1 Å². The van der Waals surface area contributed by atoms with E-state index < -0.39 is 5.92 Å². The van der Waals surface area contributed by atoms with Gasteiger partial charge in [0.05, 0.1) is 12.4 Å². The number of aromatic nitrogens is 2. The molecule has 0 bridgehead atoms. The fourth-order valence-corrected chi connectivity index (χ4v) is 0.783. The van der Waals surface area contributed by atoms with E-state index in [1.165, 1.54) is 6.20 Å². The minimum absolute atomic E-state index is 0.307. The third-order valence-electron chi connectivity index (χ3n) is 1.53. The Morgan fingerprint density at radius 3 is 2.38 bits per heavy atom. The largest absolute Gasteiger partial charge is 0.361 e. The van der Waals surface area contributed by atoms with E-state index in [1.807, 2.05) is 0 Å². The molecule has 3 nitrogen and oxygen atoms in total. The smallest absolute Gasteiger partial charge is 0.288 e. The predicted octanol–water partition coefficient (Wildman–Crippen LogP) is 1.65. The van der Waals surface area contributed by atoms with Crippen LogP contribution in [0.1, 0.15) is 12.6 Å². The summed E-state index contributed by atoms with van der Waals surface area (Å²) < 4.78 is 25.6. The van der Waals surface area contributed by atoms with E-state index in [4.69, 9.17) is 0 Å². The molecule has 0 aromatic carbocycles. The monoisotopic (exact) mass is 187 g/mol. The fraction of sp³-hybridized carbons (Fsp3) is 0.500. The standard InChI is InChI=1S/C8H11F2N3/c1-8(9,10)6-4-11-5-7(12-6)13(2)3/h4-5H,1-3H3. The molecule has 0 unspecified atom stereocenters. The molecule has 0 aliphatic carbocycles. The highest BCUT2D eigenvalue weighted by molar-refractivity contribution is 5.34. The van der Waals surface area contributed by atoms with Crippen molar-refractivity contribution in [3.8, 4) is 0 Å². The molecule has 1 aromatic rings. The molecule has 0 saturated carbocycles. The van der Waals surface area contributed by atoms with Crippen molar-refractivity contribution in [1.82, 2.24) is 9.97 Å². The van der Waals surface area contributed by atoms with Gasteiger partial charge in [-0.2, -0.15) is 8.78 Å². The van der Waals surface area contributed by atoms with Gasteiger partial charge >= 0.3 is 0 Å². The second-order valence-electron chi connectivity index (χ2n) is 3.05. The Labute approximate surface area is 75.4 Å². The lowest BCUT2D eigenvalue weighted by atomic mass is 10.3. The van der Waals surface area contributed by atoms with E-state index in [9.17, 15) is 8.78 Å². The Balaban J connectivity index is 3.06. The molecule has 1 aromatic heterocycles. The van der Waals surface area contributed by atoms with Crippen LogP contribution in [0.4, 0.5) is 14.6 Å². The van der Waals surface area contributed by atoms with Crippen molar-refractivity contribution in [3.05, 3.63) is 18.1 Å². The van der Waals surface area contributed by atoms with Gasteiger partial charge in [-0.25, -0.2) is 4.98 Å². The van der Waals surface area contributed by atoms with E-state index in [2.05, 4.69) is 9.97 Å². The Morgan fingerprint density at radius 1 is 1.31 bits per heavy atom. The molecule has 0 radical (unpaired) electrons. The Bertz CT molecular complexity index is 294. The number of halogens is 2. The third kappa shape index (κ3) is 2.34. The Hall–Kier alpha value is -1.26. The summed E-state index contributed by atoms with van der Waals surface area (Å²) in [6.07, 6.45) is 2.52. The molecule has 0 N–H and O–H groups in total. The first-order valence-electron chi connectivity index (χ1n) is 3.79. The first kappa shape index (κ1) is 9.83.